The first-order valence-electron chi connectivity index (χ1n) is 6.85. The molecule has 0 radical (unpaired) electrons. The van der Waals surface area contributed by atoms with Gasteiger partial charge in [-0.25, -0.2) is 0 Å². The van der Waals surface area contributed by atoms with E-state index >= 15 is 0 Å². The third-order valence-corrected chi connectivity index (χ3v) is 3.33. The van der Waals surface area contributed by atoms with Crippen LogP contribution in [0.1, 0.15) is 30.5 Å². The van der Waals surface area contributed by atoms with E-state index in [-0.39, 0.29) is 6.04 Å². The topological polar surface area (TPSA) is 44.5 Å². The maximum Gasteiger partial charge on any atom is 0.125 e. The Morgan fingerprint density at radius 2 is 1.65 bits per heavy atom. The Kier molecular flexibility index (Phi) is 5.02. The molecular weight excluding hydrogens is 250 g/mol. The van der Waals surface area contributed by atoms with Crippen LogP contribution in [-0.2, 0) is 6.61 Å². The number of benzene rings is 2. The Balaban J connectivity index is 2.15. The average Bonchev–Trinajstić information content (AvgIpc) is 2.52. The van der Waals surface area contributed by atoms with E-state index in [0.717, 1.165) is 29.0 Å². The molecule has 2 rings (SSSR count). The molecule has 2 aromatic carbocycles. The molecule has 0 aliphatic carbocycles. The zero-order valence-corrected chi connectivity index (χ0v) is 12.0. The summed E-state index contributed by atoms with van der Waals surface area (Å²) in [6, 6.07) is 15.8. The quantitative estimate of drug-likeness (QED) is 0.871. The third-order valence-electron chi connectivity index (χ3n) is 3.33. The van der Waals surface area contributed by atoms with Crippen molar-refractivity contribution >= 4 is 0 Å². The summed E-state index contributed by atoms with van der Waals surface area (Å²) in [6.07, 6.45) is 0.884. The minimum Gasteiger partial charge on any atom is -0.496 e. The van der Waals surface area contributed by atoms with Crippen LogP contribution in [0.5, 0.6) is 11.5 Å². The zero-order valence-electron chi connectivity index (χ0n) is 12.0. The minimum atomic E-state index is 0.00358. The Labute approximate surface area is 120 Å². The predicted octanol–water partition coefficient (Wildman–Crippen LogP) is 3.68. The highest BCUT2D eigenvalue weighted by Gasteiger charge is 2.10. The maximum atomic E-state index is 6.12. The van der Waals surface area contributed by atoms with Crippen LogP contribution >= 0.6 is 0 Å². The number of methoxy groups -OCH3 is 1. The molecule has 0 heterocycles. The lowest BCUT2D eigenvalue weighted by molar-refractivity contribution is 0.292. The van der Waals surface area contributed by atoms with Gasteiger partial charge in [-0.2, -0.15) is 0 Å². The van der Waals surface area contributed by atoms with Crippen LogP contribution in [0, 0.1) is 0 Å². The van der Waals surface area contributed by atoms with E-state index < -0.39 is 0 Å². The zero-order chi connectivity index (χ0) is 14.4. The summed E-state index contributed by atoms with van der Waals surface area (Å²) in [5, 5.41) is 0. The molecule has 3 nitrogen and oxygen atoms in total. The lowest BCUT2D eigenvalue weighted by atomic mass is 10.0. The van der Waals surface area contributed by atoms with Crippen molar-refractivity contribution in [3.8, 4) is 11.5 Å². The molecule has 20 heavy (non-hydrogen) atoms. The molecular formula is C17H21NO2. The van der Waals surface area contributed by atoms with Gasteiger partial charge in [0.1, 0.15) is 18.1 Å². The molecule has 0 amide bonds. The standard InChI is InChI=1S/C17H21NO2/c1-3-15(18)14-9-5-7-11-17(14)20-12-13-8-4-6-10-16(13)19-2/h4-11,15H,3,12,18H2,1-2H3. The van der Waals surface area contributed by atoms with Crippen molar-refractivity contribution in [1.82, 2.24) is 0 Å². The van der Waals surface area contributed by atoms with Gasteiger partial charge in [-0.15, -0.1) is 0 Å². The van der Waals surface area contributed by atoms with Gasteiger partial charge in [-0.3, -0.25) is 0 Å². The van der Waals surface area contributed by atoms with Gasteiger partial charge < -0.3 is 15.2 Å². The van der Waals surface area contributed by atoms with Gasteiger partial charge in [0.2, 0.25) is 0 Å². The van der Waals surface area contributed by atoms with Crippen molar-refractivity contribution in [3.05, 3.63) is 59.7 Å². The number of ether oxygens (including phenoxy) is 2. The average molecular weight is 271 g/mol. The number of rotatable bonds is 6. The second-order valence-electron chi connectivity index (χ2n) is 4.65. The van der Waals surface area contributed by atoms with Crippen molar-refractivity contribution in [1.29, 1.82) is 0 Å². The van der Waals surface area contributed by atoms with Gasteiger partial charge in [-0.1, -0.05) is 43.3 Å². The monoisotopic (exact) mass is 271 g/mol. The Morgan fingerprint density at radius 1 is 1.00 bits per heavy atom. The molecule has 2 N–H and O–H groups in total. The maximum absolute atomic E-state index is 6.12. The molecule has 3 heteroatoms. The van der Waals surface area contributed by atoms with Gasteiger partial charge >= 0.3 is 0 Å². The normalized spacial score (nSPS) is 11.9. The molecule has 0 bridgehead atoms. The first-order chi connectivity index (χ1) is 9.76. The highest BCUT2D eigenvalue weighted by molar-refractivity contribution is 5.37. The van der Waals surface area contributed by atoms with Gasteiger partial charge in [0.05, 0.1) is 7.11 Å². The molecule has 0 aliphatic rings. The third kappa shape index (κ3) is 3.31. The van der Waals surface area contributed by atoms with Gasteiger partial charge in [0.15, 0.2) is 0 Å². The number of nitrogens with two attached hydrogens (primary N) is 1. The Morgan fingerprint density at radius 3 is 2.35 bits per heavy atom. The molecule has 1 atom stereocenters. The highest BCUT2D eigenvalue weighted by Crippen LogP contribution is 2.27. The summed E-state index contributed by atoms with van der Waals surface area (Å²) in [7, 11) is 1.67. The van der Waals surface area contributed by atoms with Gasteiger partial charge in [0.25, 0.3) is 0 Å². The van der Waals surface area contributed by atoms with E-state index in [0.29, 0.717) is 6.61 Å². The van der Waals surface area contributed by atoms with Gasteiger partial charge in [-0.05, 0) is 18.6 Å². The number of para-hydroxylation sites is 2. The first kappa shape index (κ1) is 14.4. The molecule has 1 unspecified atom stereocenters. The largest absolute Gasteiger partial charge is 0.496 e. The van der Waals surface area contributed by atoms with Crippen LogP contribution in [0.2, 0.25) is 0 Å². The van der Waals surface area contributed by atoms with Crippen molar-refractivity contribution < 1.29 is 9.47 Å². The fraction of sp³-hybridized carbons (Fsp3) is 0.294. The van der Waals surface area contributed by atoms with Gasteiger partial charge in [0, 0.05) is 17.2 Å². The first-order valence-corrected chi connectivity index (χ1v) is 6.85. The van der Waals surface area contributed by atoms with Crippen LogP contribution in [0.25, 0.3) is 0 Å². The smallest absolute Gasteiger partial charge is 0.125 e. The Hall–Kier alpha value is -2.00. The van der Waals surface area contributed by atoms with E-state index in [1.54, 1.807) is 7.11 Å². The summed E-state index contributed by atoms with van der Waals surface area (Å²) in [5.74, 6) is 1.68. The molecule has 0 saturated carbocycles. The lowest BCUT2D eigenvalue weighted by Crippen LogP contribution is -2.11. The molecule has 0 aromatic heterocycles. The summed E-state index contributed by atoms with van der Waals surface area (Å²) >= 11 is 0. The van der Waals surface area contributed by atoms with Crippen molar-refractivity contribution in [3.63, 3.8) is 0 Å². The lowest BCUT2D eigenvalue weighted by Gasteiger charge is -2.16. The summed E-state index contributed by atoms with van der Waals surface area (Å²) in [6.45, 7) is 2.54. The molecule has 0 spiro atoms. The fourth-order valence-corrected chi connectivity index (χ4v) is 2.12. The van der Waals surface area contributed by atoms with E-state index in [2.05, 4.69) is 6.92 Å². The van der Waals surface area contributed by atoms with Crippen LogP contribution in [0.3, 0.4) is 0 Å². The SMILES string of the molecule is CCC(N)c1ccccc1OCc1ccccc1OC. The Bertz CT molecular complexity index is 554. The summed E-state index contributed by atoms with van der Waals surface area (Å²) in [4.78, 5) is 0. The van der Waals surface area contributed by atoms with Crippen LogP contribution in [0.15, 0.2) is 48.5 Å². The number of hydrogen-bond acceptors (Lipinski definition) is 3. The van der Waals surface area contributed by atoms with Crippen molar-refractivity contribution in [2.45, 2.75) is 26.0 Å². The second kappa shape index (κ2) is 6.96. The molecule has 2 aromatic rings. The summed E-state index contributed by atoms with van der Waals surface area (Å²) < 4.78 is 11.3. The predicted molar refractivity (Wildman–Crippen MR) is 81.0 cm³/mol. The van der Waals surface area contributed by atoms with E-state index in [4.69, 9.17) is 15.2 Å². The fourth-order valence-electron chi connectivity index (χ4n) is 2.12. The minimum absolute atomic E-state index is 0.00358. The highest BCUT2D eigenvalue weighted by atomic mass is 16.5. The van der Waals surface area contributed by atoms with E-state index in [1.165, 1.54) is 0 Å². The van der Waals surface area contributed by atoms with Crippen LogP contribution < -0.4 is 15.2 Å². The van der Waals surface area contributed by atoms with Crippen LogP contribution in [-0.4, -0.2) is 7.11 Å². The summed E-state index contributed by atoms with van der Waals surface area (Å²) in [5.41, 5.74) is 8.18. The second-order valence-corrected chi connectivity index (χ2v) is 4.65. The van der Waals surface area contributed by atoms with E-state index in [1.807, 2.05) is 48.5 Å². The molecule has 0 aliphatic heterocycles. The number of hydrogen-bond donors (Lipinski definition) is 1. The molecule has 0 saturated heterocycles. The van der Waals surface area contributed by atoms with Crippen molar-refractivity contribution in [2.24, 2.45) is 5.73 Å². The van der Waals surface area contributed by atoms with Crippen LogP contribution in [0.4, 0.5) is 0 Å². The molecule has 0 fully saturated rings. The van der Waals surface area contributed by atoms with E-state index in [9.17, 15) is 0 Å². The van der Waals surface area contributed by atoms with Crippen molar-refractivity contribution in [2.75, 3.05) is 7.11 Å². The molecule has 106 valence electrons.